The van der Waals surface area contributed by atoms with Crippen LogP contribution in [0.15, 0.2) is 47.9 Å². The number of aromatic nitrogens is 3. The Balaban J connectivity index is 1.92. The number of H-pyrrole nitrogens is 1. The van der Waals surface area contributed by atoms with Crippen LogP contribution in [0.4, 0.5) is 0 Å². The quantitative estimate of drug-likeness (QED) is 0.711. The van der Waals surface area contributed by atoms with Crippen molar-refractivity contribution in [3.05, 3.63) is 54.1 Å². The van der Waals surface area contributed by atoms with Crippen LogP contribution >= 0.6 is 0 Å². The molecule has 1 amide bonds. The number of aromatic amines is 1. The van der Waals surface area contributed by atoms with Crippen molar-refractivity contribution in [2.75, 3.05) is 7.05 Å². The van der Waals surface area contributed by atoms with Gasteiger partial charge in [-0.15, -0.1) is 0 Å². The van der Waals surface area contributed by atoms with Crippen molar-refractivity contribution in [1.82, 2.24) is 19.3 Å². The first-order valence-electron chi connectivity index (χ1n) is 7.02. The summed E-state index contributed by atoms with van der Waals surface area (Å²) in [6.07, 6.45) is 4.19. The zero-order valence-corrected chi connectivity index (χ0v) is 13.6. The predicted molar refractivity (Wildman–Crippen MR) is 87.5 cm³/mol. The summed E-state index contributed by atoms with van der Waals surface area (Å²) in [7, 11) is -2.28. The van der Waals surface area contributed by atoms with Gasteiger partial charge in [-0.3, -0.25) is 4.79 Å². The van der Waals surface area contributed by atoms with E-state index >= 15 is 0 Å². The summed E-state index contributed by atoms with van der Waals surface area (Å²) in [5, 5.41) is 0.426. The Bertz CT molecular complexity index is 1010. The van der Waals surface area contributed by atoms with Gasteiger partial charge in [0.1, 0.15) is 16.9 Å². The molecule has 0 saturated carbocycles. The fourth-order valence-electron chi connectivity index (χ4n) is 2.38. The number of nitrogens with zero attached hydrogens (tertiary/aromatic N) is 3. The van der Waals surface area contributed by atoms with Crippen molar-refractivity contribution in [1.29, 1.82) is 0 Å². The van der Waals surface area contributed by atoms with Gasteiger partial charge in [-0.05, 0) is 17.7 Å². The highest BCUT2D eigenvalue weighted by Gasteiger charge is 2.25. The normalized spacial score (nSPS) is 11.9. The summed E-state index contributed by atoms with van der Waals surface area (Å²) < 4.78 is 26.8. The van der Waals surface area contributed by atoms with Crippen LogP contribution in [0.1, 0.15) is 15.9 Å². The Kier molecular flexibility index (Phi) is 4.04. The van der Waals surface area contributed by atoms with Crippen molar-refractivity contribution in [3.8, 4) is 0 Å². The van der Waals surface area contributed by atoms with Crippen LogP contribution in [0.3, 0.4) is 0 Å². The minimum Gasteiger partial charge on any atom is -0.366 e. The third-order valence-corrected chi connectivity index (χ3v) is 5.47. The zero-order valence-electron chi connectivity index (χ0n) is 12.8. The average molecular weight is 345 g/mol. The van der Waals surface area contributed by atoms with Crippen molar-refractivity contribution < 1.29 is 13.2 Å². The lowest BCUT2D eigenvalue weighted by molar-refractivity contribution is 0.1000. The monoisotopic (exact) mass is 345 g/mol. The van der Waals surface area contributed by atoms with E-state index in [0.29, 0.717) is 22.2 Å². The van der Waals surface area contributed by atoms with Crippen molar-refractivity contribution in [3.63, 3.8) is 0 Å². The molecule has 0 spiro atoms. The Hall–Kier alpha value is -2.78. The molecule has 9 heteroatoms. The molecule has 0 bridgehead atoms. The second-order valence-corrected chi connectivity index (χ2v) is 7.28. The maximum Gasteiger partial charge on any atom is 0.248 e. The molecule has 0 atom stereocenters. The number of carbonyl (C=O) groups is 1. The number of rotatable bonds is 5. The second-order valence-electron chi connectivity index (χ2n) is 5.26. The van der Waals surface area contributed by atoms with E-state index in [0.717, 1.165) is 0 Å². The van der Waals surface area contributed by atoms with Crippen molar-refractivity contribution in [2.45, 2.75) is 11.4 Å². The average Bonchev–Trinajstić information content (AvgIpc) is 2.99. The van der Waals surface area contributed by atoms with E-state index in [1.54, 1.807) is 24.3 Å². The molecule has 0 aliphatic rings. The molecule has 0 radical (unpaired) electrons. The summed E-state index contributed by atoms with van der Waals surface area (Å²) in [6, 6.07) is 6.55. The van der Waals surface area contributed by atoms with Crippen LogP contribution in [-0.2, 0) is 16.6 Å². The van der Waals surface area contributed by atoms with Crippen LogP contribution in [0.2, 0.25) is 0 Å². The largest absolute Gasteiger partial charge is 0.366 e. The number of hydrogen-bond acceptors (Lipinski definition) is 5. The molecule has 2 heterocycles. The van der Waals surface area contributed by atoms with Gasteiger partial charge in [0.2, 0.25) is 15.9 Å². The van der Waals surface area contributed by atoms with E-state index in [2.05, 4.69) is 15.0 Å². The van der Waals surface area contributed by atoms with E-state index in [1.165, 1.54) is 30.1 Å². The first-order valence-corrected chi connectivity index (χ1v) is 8.46. The van der Waals surface area contributed by atoms with Gasteiger partial charge in [-0.2, -0.15) is 4.31 Å². The van der Waals surface area contributed by atoms with Gasteiger partial charge in [0.25, 0.3) is 0 Å². The highest BCUT2D eigenvalue weighted by atomic mass is 32.2. The molecule has 0 saturated heterocycles. The molecule has 8 nitrogen and oxygen atoms in total. The summed E-state index contributed by atoms with van der Waals surface area (Å²) in [5.74, 6) is -0.559. The highest BCUT2D eigenvalue weighted by molar-refractivity contribution is 7.89. The number of nitrogens with two attached hydrogens (primary N) is 1. The van der Waals surface area contributed by atoms with E-state index in [-0.39, 0.29) is 11.4 Å². The summed E-state index contributed by atoms with van der Waals surface area (Å²) >= 11 is 0. The van der Waals surface area contributed by atoms with E-state index < -0.39 is 15.9 Å². The number of primary amides is 1. The Morgan fingerprint density at radius 2 is 2.17 bits per heavy atom. The minimum absolute atomic E-state index is 0.101. The molecule has 3 aromatic rings. The summed E-state index contributed by atoms with van der Waals surface area (Å²) in [4.78, 5) is 22.0. The lowest BCUT2D eigenvalue weighted by Gasteiger charge is -2.17. The van der Waals surface area contributed by atoms with Crippen LogP contribution in [0.25, 0.3) is 11.0 Å². The molecule has 0 fully saturated rings. The van der Waals surface area contributed by atoms with E-state index in [4.69, 9.17) is 5.73 Å². The number of amides is 1. The maximum absolute atomic E-state index is 12.8. The van der Waals surface area contributed by atoms with Gasteiger partial charge in [0.05, 0.1) is 5.39 Å². The van der Waals surface area contributed by atoms with Crippen molar-refractivity contribution in [2.24, 2.45) is 5.73 Å². The molecule has 1 aromatic carbocycles. The Morgan fingerprint density at radius 1 is 1.38 bits per heavy atom. The molecule has 3 rings (SSSR count). The number of benzene rings is 1. The minimum atomic E-state index is -3.75. The fourth-order valence-corrected chi connectivity index (χ4v) is 3.67. The topological polar surface area (TPSA) is 122 Å². The Morgan fingerprint density at radius 3 is 2.92 bits per heavy atom. The standard InChI is InChI=1S/C15H15N5O3S/c1-20(8-10-3-2-4-11(5-10)14(16)21)24(22,23)13-7-18-15-12(13)6-17-9-19-15/h2-7,9H,8H2,1H3,(H2,16,21)(H,17,18,19). The third kappa shape index (κ3) is 2.86. The lowest BCUT2D eigenvalue weighted by Crippen LogP contribution is -2.26. The smallest absolute Gasteiger partial charge is 0.248 e. The van der Waals surface area contributed by atoms with Gasteiger partial charge < -0.3 is 10.7 Å². The van der Waals surface area contributed by atoms with Crippen LogP contribution in [0.5, 0.6) is 0 Å². The molecule has 0 aliphatic heterocycles. The number of hydrogen-bond donors (Lipinski definition) is 2. The summed E-state index contributed by atoms with van der Waals surface area (Å²) in [6.45, 7) is 0.101. The van der Waals surface area contributed by atoms with Gasteiger partial charge in [0.15, 0.2) is 0 Å². The van der Waals surface area contributed by atoms with Crippen molar-refractivity contribution >= 4 is 27.0 Å². The van der Waals surface area contributed by atoms with Gasteiger partial charge in [0, 0.05) is 31.5 Å². The summed E-state index contributed by atoms with van der Waals surface area (Å²) in [5.41, 5.74) is 6.69. The van der Waals surface area contributed by atoms with Crippen LogP contribution in [-0.4, -0.2) is 40.6 Å². The molecule has 2 aromatic heterocycles. The SMILES string of the molecule is CN(Cc1cccc(C(N)=O)c1)S(=O)(=O)c1c[nH]c2ncncc12. The zero-order chi connectivity index (χ0) is 17.3. The number of fused-ring (bicyclic) bond motifs is 1. The highest BCUT2D eigenvalue weighted by Crippen LogP contribution is 2.24. The van der Waals surface area contributed by atoms with Gasteiger partial charge in [-0.1, -0.05) is 12.1 Å². The molecule has 24 heavy (non-hydrogen) atoms. The number of nitrogens with one attached hydrogen (secondary N) is 1. The van der Waals surface area contributed by atoms with E-state index in [1.807, 2.05) is 0 Å². The first-order chi connectivity index (χ1) is 11.4. The van der Waals surface area contributed by atoms with Gasteiger partial charge in [-0.25, -0.2) is 18.4 Å². The molecule has 0 aliphatic carbocycles. The molecular weight excluding hydrogens is 330 g/mol. The lowest BCUT2D eigenvalue weighted by atomic mass is 10.1. The fraction of sp³-hybridized carbons (Fsp3) is 0.133. The molecular formula is C15H15N5O3S. The molecule has 0 unspecified atom stereocenters. The molecule has 124 valence electrons. The van der Waals surface area contributed by atoms with E-state index in [9.17, 15) is 13.2 Å². The van der Waals surface area contributed by atoms with Crippen LogP contribution in [0, 0.1) is 0 Å². The first kappa shape index (κ1) is 16.1. The van der Waals surface area contributed by atoms with Crippen LogP contribution < -0.4 is 5.73 Å². The maximum atomic E-state index is 12.8. The Labute approximate surface area is 138 Å². The third-order valence-electron chi connectivity index (χ3n) is 3.62. The molecule has 3 N–H and O–H groups in total. The second kappa shape index (κ2) is 6.02. The predicted octanol–water partition coefficient (Wildman–Crippen LogP) is 0.878. The number of carbonyl (C=O) groups excluding carboxylic acids is 1. The van der Waals surface area contributed by atoms with Gasteiger partial charge >= 0.3 is 0 Å². The number of sulfonamides is 1.